The second-order valence-corrected chi connectivity index (χ2v) is 4.28. The fraction of sp³-hybridized carbons (Fsp3) is 0.636. The van der Waals surface area contributed by atoms with Crippen molar-refractivity contribution in [2.45, 2.75) is 39.4 Å². The first kappa shape index (κ1) is 10.5. The van der Waals surface area contributed by atoms with Crippen LogP contribution in [-0.2, 0) is 19.5 Å². The van der Waals surface area contributed by atoms with Crippen LogP contribution in [-0.4, -0.2) is 27.5 Å². The molecule has 1 aliphatic heterocycles. The molecule has 1 aromatic rings. The van der Waals surface area contributed by atoms with Crippen molar-refractivity contribution in [2.24, 2.45) is 5.73 Å². The predicted molar refractivity (Wildman–Crippen MR) is 59.2 cm³/mol. The van der Waals surface area contributed by atoms with E-state index >= 15 is 0 Å². The Morgan fingerprint density at radius 3 is 3.00 bits per heavy atom. The zero-order valence-electron chi connectivity index (χ0n) is 9.40. The third kappa shape index (κ3) is 2.16. The van der Waals surface area contributed by atoms with Crippen LogP contribution in [0.1, 0.15) is 30.9 Å². The zero-order chi connectivity index (χ0) is 10.8. The minimum Gasteiger partial charge on any atom is -0.324 e. The maximum Gasteiger partial charge on any atom is 0.142 e. The van der Waals surface area contributed by atoms with Crippen molar-refractivity contribution in [1.82, 2.24) is 14.9 Å². The lowest BCUT2D eigenvalue weighted by Gasteiger charge is -2.31. The van der Waals surface area contributed by atoms with Crippen molar-refractivity contribution in [2.75, 3.05) is 6.54 Å². The van der Waals surface area contributed by atoms with Gasteiger partial charge in [0, 0.05) is 25.3 Å². The van der Waals surface area contributed by atoms with Crippen LogP contribution in [0.15, 0.2) is 6.20 Å². The molecule has 0 aliphatic carbocycles. The van der Waals surface area contributed by atoms with Gasteiger partial charge in [-0.05, 0) is 25.8 Å². The molecule has 0 fully saturated rings. The van der Waals surface area contributed by atoms with E-state index in [0.29, 0.717) is 12.6 Å². The molecule has 0 saturated heterocycles. The third-order valence-electron chi connectivity index (χ3n) is 2.94. The number of nitrogens with two attached hydrogens (primary N) is 1. The molecule has 82 valence electrons. The Bertz CT molecular complexity index is 348. The monoisotopic (exact) mass is 206 g/mol. The zero-order valence-corrected chi connectivity index (χ0v) is 9.40. The van der Waals surface area contributed by atoms with Crippen molar-refractivity contribution in [3.05, 3.63) is 23.3 Å². The van der Waals surface area contributed by atoms with Crippen molar-refractivity contribution in [3.63, 3.8) is 0 Å². The summed E-state index contributed by atoms with van der Waals surface area (Å²) < 4.78 is 0. The van der Waals surface area contributed by atoms with E-state index < -0.39 is 0 Å². The highest BCUT2D eigenvalue weighted by atomic mass is 15.2. The molecule has 2 N–H and O–H groups in total. The van der Waals surface area contributed by atoms with Gasteiger partial charge in [-0.15, -0.1) is 0 Å². The molecule has 1 aromatic heterocycles. The molecule has 1 aliphatic rings. The summed E-state index contributed by atoms with van der Waals surface area (Å²) in [5.41, 5.74) is 7.98. The maximum atomic E-state index is 5.54. The molecule has 0 spiro atoms. The minimum atomic E-state index is 0.426. The molecule has 0 amide bonds. The Morgan fingerprint density at radius 2 is 2.33 bits per heavy atom. The minimum absolute atomic E-state index is 0.426. The maximum absolute atomic E-state index is 5.54. The van der Waals surface area contributed by atoms with Gasteiger partial charge in [0.05, 0.1) is 12.2 Å². The van der Waals surface area contributed by atoms with Crippen molar-refractivity contribution in [3.8, 4) is 0 Å². The van der Waals surface area contributed by atoms with E-state index in [-0.39, 0.29) is 0 Å². The fourth-order valence-electron chi connectivity index (χ4n) is 1.90. The van der Waals surface area contributed by atoms with Crippen molar-refractivity contribution < 1.29 is 0 Å². The van der Waals surface area contributed by atoms with Gasteiger partial charge in [0.15, 0.2) is 0 Å². The van der Waals surface area contributed by atoms with Crippen molar-refractivity contribution >= 4 is 0 Å². The average Bonchev–Trinajstić information content (AvgIpc) is 2.27. The number of hydrogen-bond donors (Lipinski definition) is 1. The molecule has 0 bridgehead atoms. The van der Waals surface area contributed by atoms with E-state index in [9.17, 15) is 0 Å². The van der Waals surface area contributed by atoms with Gasteiger partial charge in [0.2, 0.25) is 0 Å². The summed E-state index contributed by atoms with van der Waals surface area (Å²) >= 11 is 0. The van der Waals surface area contributed by atoms with Crippen LogP contribution in [0.3, 0.4) is 0 Å². The molecule has 2 rings (SSSR count). The molecule has 2 heterocycles. The van der Waals surface area contributed by atoms with Crippen LogP contribution < -0.4 is 5.73 Å². The van der Waals surface area contributed by atoms with E-state index in [1.807, 2.05) is 6.20 Å². The summed E-state index contributed by atoms with van der Waals surface area (Å²) in [5, 5.41) is 0. The largest absolute Gasteiger partial charge is 0.324 e. The smallest absolute Gasteiger partial charge is 0.142 e. The molecule has 4 heteroatoms. The Balaban J connectivity index is 2.23. The number of rotatable bonds is 2. The average molecular weight is 206 g/mol. The summed E-state index contributed by atoms with van der Waals surface area (Å²) in [6, 6.07) is 0.578. The van der Waals surface area contributed by atoms with E-state index in [2.05, 4.69) is 28.7 Å². The third-order valence-corrected chi connectivity index (χ3v) is 2.94. The highest BCUT2D eigenvalue weighted by molar-refractivity contribution is 5.20. The standard InChI is InChI=1S/C11H18N4/c1-8(2)15-4-3-9-6-13-11(5-12)14-10(9)7-15/h6,8H,3-5,7,12H2,1-2H3. The quantitative estimate of drug-likeness (QED) is 0.774. The molecule has 15 heavy (non-hydrogen) atoms. The van der Waals surface area contributed by atoms with Crippen LogP contribution in [0.5, 0.6) is 0 Å². The summed E-state index contributed by atoms with van der Waals surface area (Å²) in [4.78, 5) is 11.1. The molecule has 0 atom stereocenters. The van der Waals surface area contributed by atoms with Crippen molar-refractivity contribution in [1.29, 1.82) is 0 Å². The number of fused-ring (bicyclic) bond motifs is 1. The molecule has 0 radical (unpaired) electrons. The molecule has 0 saturated carbocycles. The lowest BCUT2D eigenvalue weighted by molar-refractivity contribution is 0.199. The molecule has 0 aromatic carbocycles. The fourth-order valence-corrected chi connectivity index (χ4v) is 1.90. The first-order valence-corrected chi connectivity index (χ1v) is 5.48. The first-order chi connectivity index (χ1) is 7.20. The highest BCUT2D eigenvalue weighted by Gasteiger charge is 2.19. The second kappa shape index (κ2) is 4.24. The first-order valence-electron chi connectivity index (χ1n) is 5.48. The van der Waals surface area contributed by atoms with E-state index in [1.165, 1.54) is 5.56 Å². The lowest BCUT2D eigenvalue weighted by atomic mass is 10.1. The Labute approximate surface area is 90.5 Å². The Morgan fingerprint density at radius 1 is 1.53 bits per heavy atom. The van der Waals surface area contributed by atoms with Crippen LogP contribution in [0.25, 0.3) is 0 Å². The van der Waals surface area contributed by atoms with Gasteiger partial charge in [-0.3, -0.25) is 4.90 Å². The molecule has 0 unspecified atom stereocenters. The Hall–Kier alpha value is -1.00. The van der Waals surface area contributed by atoms with E-state index in [4.69, 9.17) is 5.73 Å². The summed E-state index contributed by atoms with van der Waals surface area (Å²) in [6.07, 6.45) is 2.99. The van der Waals surface area contributed by atoms with Crippen LogP contribution in [0, 0.1) is 0 Å². The summed E-state index contributed by atoms with van der Waals surface area (Å²) in [6.45, 7) is 6.90. The number of hydrogen-bond acceptors (Lipinski definition) is 4. The van der Waals surface area contributed by atoms with E-state index in [1.54, 1.807) is 0 Å². The van der Waals surface area contributed by atoms with Crippen LogP contribution >= 0.6 is 0 Å². The Kier molecular flexibility index (Phi) is 2.98. The lowest BCUT2D eigenvalue weighted by Crippen LogP contribution is -2.36. The number of nitrogens with zero attached hydrogens (tertiary/aromatic N) is 3. The predicted octanol–water partition coefficient (Wildman–Crippen LogP) is 0.702. The topological polar surface area (TPSA) is 55.0 Å². The van der Waals surface area contributed by atoms with Gasteiger partial charge in [-0.1, -0.05) is 0 Å². The molecule has 4 nitrogen and oxygen atoms in total. The molecular formula is C11H18N4. The van der Waals surface area contributed by atoms with Gasteiger partial charge in [0.1, 0.15) is 5.82 Å². The number of aromatic nitrogens is 2. The second-order valence-electron chi connectivity index (χ2n) is 4.28. The molecular weight excluding hydrogens is 188 g/mol. The SMILES string of the molecule is CC(C)N1CCc2cnc(CN)nc2C1. The van der Waals surface area contributed by atoms with Crippen LogP contribution in [0.4, 0.5) is 0 Å². The summed E-state index contributed by atoms with van der Waals surface area (Å²) in [7, 11) is 0. The van der Waals surface area contributed by atoms with E-state index in [0.717, 1.165) is 31.0 Å². The van der Waals surface area contributed by atoms with Gasteiger partial charge in [-0.2, -0.15) is 0 Å². The van der Waals surface area contributed by atoms with Gasteiger partial charge < -0.3 is 5.73 Å². The van der Waals surface area contributed by atoms with Gasteiger partial charge in [0.25, 0.3) is 0 Å². The van der Waals surface area contributed by atoms with Crippen LogP contribution in [0.2, 0.25) is 0 Å². The van der Waals surface area contributed by atoms with Gasteiger partial charge >= 0.3 is 0 Å². The highest BCUT2D eigenvalue weighted by Crippen LogP contribution is 2.17. The normalized spacial score (nSPS) is 16.8. The van der Waals surface area contributed by atoms with Gasteiger partial charge in [-0.25, -0.2) is 9.97 Å². The summed E-state index contributed by atoms with van der Waals surface area (Å²) in [5.74, 6) is 0.749.